The molecule has 134 valence electrons. The molecule has 0 fully saturated rings. The zero-order chi connectivity index (χ0) is 18.7. The Morgan fingerprint density at radius 2 is 1.92 bits per heavy atom. The molecule has 2 aromatic heterocycles. The van der Waals surface area contributed by atoms with E-state index in [4.69, 9.17) is 9.47 Å². The van der Waals surface area contributed by atoms with Crippen molar-refractivity contribution >= 4 is 28.5 Å². The Balaban J connectivity index is 1.97. The highest BCUT2D eigenvalue weighted by molar-refractivity contribution is 6.12. The van der Waals surface area contributed by atoms with Crippen LogP contribution in [0.5, 0.6) is 5.88 Å². The molecule has 3 rings (SSSR count). The topological polar surface area (TPSA) is 95.3 Å². The number of nitrogens with zero attached hydrogens (tertiary/aromatic N) is 3. The second kappa shape index (κ2) is 7.22. The van der Waals surface area contributed by atoms with Crippen molar-refractivity contribution < 1.29 is 19.1 Å². The molecule has 0 aliphatic carbocycles. The molecule has 26 heavy (non-hydrogen) atoms. The van der Waals surface area contributed by atoms with Gasteiger partial charge in [0, 0.05) is 18.5 Å². The van der Waals surface area contributed by atoms with Crippen LogP contribution in [0.15, 0.2) is 36.4 Å². The normalized spacial score (nSPS) is 10.6. The van der Waals surface area contributed by atoms with Gasteiger partial charge < -0.3 is 14.8 Å². The minimum absolute atomic E-state index is 0.0352. The average Bonchev–Trinajstić information content (AvgIpc) is 3.00. The highest BCUT2D eigenvalue weighted by Gasteiger charge is 2.21. The highest BCUT2D eigenvalue weighted by Crippen LogP contribution is 2.22. The number of methoxy groups -OCH3 is 1. The number of aromatic nitrogens is 3. The van der Waals surface area contributed by atoms with E-state index in [1.54, 1.807) is 30.8 Å². The summed E-state index contributed by atoms with van der Waals surface area (Å²) in [6.45, 7) is 2.21. The van der Waals surface area contributed by atoms with E-state index < -0.39 is 11.9 Å². The van der Waals surface area contributed by atoms with Crippen LogP contribution in [0.2, 0.25) is 0 Å². The zero-order valence-electron chi connectivity index (χ0n) is 14.6. The van der Waals surface area contributed by atoms with Gasteiger partial charge in [-0.15, -0.1) is 0 Å². The van der Waals surface area contributed by atoms with Gasteiger partial charge in [0.15, 0.2) is 11.4 Å². The Hall–Kier alpha value is -3.42. The third-order valence-electron chi connectivity index (χ3n) is 3.76. The summed E-state index contributed by atoms with van der Waals surface area (Å²) in [4.78, 5) is 28.8. The molecular weight excluding hydrogens is 336 g/mol. The maximum Gasteiger partial charge on any atom is 0.358 e. The van der Waals surface area contributed by atoms with Gasteiger partial charge in [-0.2, -0.15) is 5.10 Å². The van der Waals surface area contributed by atoms with Crippen LogP contribution in [0.25, 0.3) is 10.9 Å². The minimum atomic E-state index is -0.673. The summed E-state index contributed by atoms with van der Waals surface area (Å²) in [7, 11) is 3.01. The van der Waals surface area contributed by atoms with Gasteiger partial charge in [-0.25, -0.2) is 9.78 Å². The van der Waals surface area contributed by atoms with Crippen molar-refractivity contribution in [2.45, 2.75) is 6.92 Å². The fraction of sp³-hybridized carbons (Fsp3) is 0.222. The molecule has 2 heterocycles. The third-order valence-corrected chi connectivity index (χ3v) is 3.76. The first-order valence-corrected chi connectivity index (χ1v) is 8.00. The van der Waals surface area contributed by atoms with Gasteiger partial charge in [-0.3, -0.25) is 9.48 Å². The standard InChI is InChI=1S/C18H18N4O4/c1-4-26-14-10-9-12(16(20-14)18(24)25-3)19-17(23)15-11-7-5-6-8-13(11)22(2)21-15/h5-10H,4H2,1-3H3,(H,19,23). The number of nitrogens with one attached hydrogen (secondary N) is 1. The number of para-hydroxylation sites is 1. The van der Waals surface area contributed by atoms with E-state index in [9.17, 15) is 9.59 Å². The van der Waals surface area contributed by atoms with E-state index in [2.05, 4.69) is 15.4 Å². The van der Waals surface area contributed by atoms with Crippen molar-refractivity contribution in [3.8, 4) is 5.88 Å². The predicted molar refractivity (Wildman–Crippen MR) is 95.4 cm³/mol. The summed E-state index contributed by atoms with van der Waals surface area (Å²) in [6.07, 6.45) is 0. The van der Waals surface area contributed by atoms with Crippen molar-refractivity contribution in [3.63, 3.8) is 0 Å². The molecule has 8 nitrogen and oxygen atoms in total. The average molecular weight is 354 g/mol. The molecule has 8 heteroatoms. The van der Waals surface area contributed by atoms with Crippen LogP contribution in [0.3, 0.4) is 0 Å². The predicted octanol–water partition coefficient (Wildman–Crippen LogP) is 2.41. The van der Waals surface area contributed by atoms with Gasteiger partial charge in [0.05, 0.1) is 24.9 Å². The Kier molecular flexibility index (Phi) is 4.83. The molecule has 3 aromatic rings. The number of carbonyl (C=O) groups is 2. The van der Waals surface area contributed by atoms with E-state index in [1.807, 2.05) is 24.3 Å². The van der Waals surface area contributed by atoms with E-state index in [-0.39, 0.29) is 23.0 Å². The van der Waals surface area contributed by atoms with E-state index in [1.165, 1.54) is 7.11 Å². The van der Waals surface area contributed by atoms with Gasteiger partial charge in [-0.05, 0) is 19.1 Å². The second-order valence-corrected chi connectivity index (χ2v) is 5.41. The van der Waals surface area contributed by atoms with Crippen molar-refractivity contribution in [1.82, 2.24) is 14.8 Å². The summed E-state index contributed by atoms with van der Waals surface area (Å²) in [5.74, 6) is -0.847. The van der Waals surface area contributed by atoms with Crippen LogP contribution >= 0.6 is 0 Å². The lowest BCUT2D eigenvalue weighted by Crippen LogP contribution is -2.17. The van der Waals surface area contributed by atoms with Gasteiger partial charge in [0.2, 0.25) is 5.88 Å². The lowest BCUT2D eigenvalue weighted by molar-refractivity contribution is 0.0594. The Bertz CT molecular complexity index is 980. The maximum absolute atomic E-state index is 12.7. The molecule has 0 saturated carbocycles. The summed E-state index contributed by atoms with van der Waals surface area (Å²) < 4.78 is 11.7. The summed E-state index contributed by atoms with van der Waals surface area (Å²) in [5, 5.41) is 7.67. The van der Waals surface area contributed by atoms with E-state index >= 15 is 0 Å². The number of esters is 1. The van der Waals surface area contributed by atoms with Crippen molar-refractivity contribution in [3.05, 3.63) is 47.8 Å². The van der Waals surface area contributed by atoms with Gasteiger partial charge in [0.1, 0.15) is 0 Å². The molecule has 0 unspecified atom stereocenters. The molecule has 0 atom stereocenters. The number of amides is 1. The molecule has 0 spiro atoms. The number of carbonyl (C=O) groups excluding carboxylic acids is 2. The first-order chi connectivity index (χ1) is 12.5. The monoisotopic (exact) mass is 354 g/mol. The van der Waals surface area contributed by atoms with Crippen molar-refractivity contribution in [2.24, 2.45) is 7.05 Å². The van der Waals surface area contributed by atoms with Crippen molar-refractivity contribution in [2.75, 3.05) is 19.0 Å². The summed E-state index contributed by atoms with van der Waals surface area (Å²) in [6, 6.07) is 10.5. The van der Waals surface area contributed by atoms with E-state index in [0.29, 0.717) is 12.0 Å². The third kappa shape index (κ3) is 3.21. The quantitative estimate of drug-likeness (QED) is 0.707. The van der Waals surface area contributed by atoms with Gasteiger partial charge >= 0.3 is 5.97 Å². The number of benzene rings is 1. The number of anilines is 1. The molecule has 1 N–H and O–H groups in total. The lowest BCUT2D eigenvalue weighted by Gasteiger charge is -2.10. The lowest BCUT2D eigenvalue weighted by atomic mass is 10.2. The van der Waals surface area contributed by atoms with Crippen LogP contribution in [-0.4, -0.2) is 40.4 Å². The van der Waals surface area contributed by atoms with Crippen LogP contribution in [-0.2, 0) is 11.8 Å². The van der Waals surface area contributed by atoms with E-state index in [0.717, 1.165) is 5.52 Å². The van der Waals surface area contributed by atoms with Crippen LogP contribution in [0, 0.1) is 0 Å². The summed E-state index contributed by atoms with van der Waals surface area (Å²) >= 11 is 0. The number of ether oxygens (including phenoxy) is 2. The second-order valence-electron chi connectivity index (χ2n) is 5.41. The molecule has 0 radical (unpaired) electrons. The zero-order valence-corrected chi connectivity index (χ0v) is 14.6. The molecule has 0 bridgehead atoms. The first-order valence-electron chi connectivity index (χ1n) is 8.00. The molecular formula is C18H18N4O4. The first kappa shape index (κ1) is 17.4. The number of fused-ring (bicyclic) bond motifs is 1. The van der Waals surface area contributed by atoms with Crippen LogP contribution in [0.1, 0.15) is 27.9 Å². The van der Waals surface area contributed by atoms with Gasteiger partial charge in [-0.1, -0.05) is 18.2 Å². The Labute approximate surface area is 149 Å². The number of aryl methyl sites for hydroxylation is 1. The Morgan fingerprint density at radius 3 is 2.65 bits per heavy atom. The fourth-order valence-electron chi connectivity index (χ4n) is 2.59. The van der Waals surface area contributed by atoms with Gasteiger partial charge in [0.25, 0.3) is 5.91 Å². The number of hydrogen-bond acceptors (Lipinski definition) is 6. The number of hydrogen-bond donors (Lipinski definition) is 1. The summed E-state index contributed by atoms with van der Waals surface area (Å²) in [5.41, 5.74) is 1.27. The number of pyridine rings is 1. The molecule has 0 aliphatic heterocycles. The molecule has 1 aromatic carbocycles. The highest BCUT2D eigenvalue weighted by atomic mass is 16.5. The van der Waals surface area contributed by atoms with Crippen LogP contribution < -0.4 is 10.1 Å². The van der Waals surface area contributed by atoms with Crippen molar-refractivity contribution in [1.29, 1.82) is 0 Å². The molecule has 1 amide bonds. The Morgan fingerprint density at radius 1 is 1.15 bits per heavy atom. The van der Waals surface area contributed by atoms with Crippen LogP contribution in [0.4, 0.5) is 5.69 Å². The number of rotatable bonds is 5. The molecule has 0 saturated heterocycles. The fourth-order valence-corrected chi connectivity index (χ4v) is 2.59. The largest absolute Gasteiger partial charge is 0.478 e. The maximum atomic E-state index is 12.7. The smallest absolute Gasteiger partial charge is 0.358 e. The SMILES string of the molecule is CCOc1ccc(NC(=O)c2nn(C)c3ccccc23)c(C(=O)OC)n1. The minimum Gasteiger partial charge on any atom is -0.478 e. The molecule has 0 aliphatic rings.